The number of halogens is 1. The van der Waals surface area contributed by atoms with Crippen LogP contribution in [0.5, 0.6) is 0 Å². The van der Waals surface area contributed by atoms with E-state index < -0.39 is 0 Å². The van der Waals surface area contributed by atoms with Gasteiger partial charge in [-0.05, 0) is 69.7 Å². The Kier molecular flexibility index (Phi) is 6.19. The standard InChI is InChI=1S/C25H30FN5OS/c1-16-17(2)33-25-22(16)23(27-15-28-25)31-12-8-18(9-13-31)24(32)29-20-14-19(26)6-7-21(20)30-10-4-3-5-11-30/h6-7,14-15,18H,3-5,8-13H2,1-2H3,(H,29,32). The molecule has 2 fully saturated rings. The number of carbonyl (C=O) groups excluding carboxylic acids is 1. The molecular formula is C25H30FN5OS. The van der Waals surface area contributed by atoms with Gasteiger partial charge in [-0.15, -0.1) is 11.3 Å². The van der Waals surface area contributed by atoms with Crippen molar-refractivity contribution in [1.82, 2.24) is 9.97 Å². The first-order chi connectivity index (χ1) is 16.0. The first-order valence-corrected chi connectivity index (χ1v) is 12.6. The average Bonchev–Trinajstić information content (AvgIpc) is 3.13. The normalized spacial score (nSPS) is 17.5. The number of amides is 1. The topological polar surface area (TPSA) is 61.4 Å². The number of nitrogens with one attached hydrogen (secondary N) is 1. The number of nitrogens with zero attached hydrogens (tertiary/aromatic N) is 4. The smallest absolute Gasteiger partial charge is 0.227 e. The molecule has 0 spiro atoms. The van der Waals surface area contributed by atoms with Crippen LogP contribution in [0.3, 0.4) is 0 Å². The van der Waals surface area contributed by atoms with E-state index in [9.17, 15) is 9.18 Å². The summed E-state index contributed by atoms with van der Waals surface area (Å²) in [6.45, 7) is 7.66. The molecule has 1 amide bonds. The summed E-state index contributed by atoms with van der Waals surface area (Å²) in [4.78, 5) is 29.0. The molecule has 0 atom stereocenters. The van der Waals surface area contributed by atoms with Gasteiger partial charge in [0.05, 0.1) is 16.8 Å². The molecule has 174 valence electrons. The van der Waals surface area contributed by atoms with Gasteiger partial charge in [0.2, 0.25) is 5.91 Å². The zero-order valence-electron chi connectivity index (χ0n) is 19.2. The number of anilines is 3. The number of benzene rings is 1. The van der Waals surface area contributed by atoms with Crippen molar-refractivity contribution >= 4 is 44.7 Å². The molecule has 1 N–H and O–H groups in total. The molecule has 2 aliphatic rings. The molecule has 0 saturated carbocycles. The number of rotatable bonds is 4. The Morgan fingerprint density at radius 2 is 1.82 bits per heavy atom. The largest absolute Gasteiger partial charge is 0.370 e. The van der Waals surface area contributed by atoms with Gasteiger partial charge in [-0.25, -0.2) is 14.4 Å². The van der Waals surface area contributed by atoms with Crippen molar-refractivity contribution in [3.05, 3.63) is 40.8 Å². The molecule has 2 aromatic heterocycles. The third kappa shape index (κ3) is 4.40. The van der Waals surface area contributed by atoms with Crippen molar-refractivity contribution in [2.24, 2.45) is 5.92 Å². The molecule has 33 heavy (non-hydrogen) atoms. The second kappa shape index (κ2) is 9.25. The monoisotopic (exact) mass is 467 g/mol. The summed E-state index contributed by atoms with van der Waals surface area (Å²) in [6, 6.07) is 4.73. The third-order valence-electron chi connectivity index (χ3n) is 7.02. The van der Waals surface area contributed by atoms with Crippen LogP contribution in [0.1, 0.15) is 42.5 Å². The molecule has 2 aliphatic heterocycles. The first-order valence-electron chi connectivity index (χ1n) is 11.8. The number of piperidine rings is 2. The van der Waals surface area contributed by atoms with E-state index in [4.69, 9.17) is 0 Å². The maximum atomic E-state index is 14.0. The van der Waals surface area contributed by atoms with Gasteiger partial charge >= 0.3 is 0 Å². The number of carbonyl (C=O) groups is 1. The van der Waals surface area contributed by atoms with Crippen LogP contribution in [-0.4, -0.2) is 42.1 Å². The number of hydrogen-bond donors (Lipinski definition) is 1. The van der Waals surface area contributed by atoms with Crippen LogP contribution in [0.15, 0.2) is 24.5 Å². The maximum Gasteiger partial charge on any atom is 0.227 e. The Bertz CT molecular complexity index is 1170. The average molecular weight is 468 g/mol. The first kappa shape index (κ1) is 22.1. The van der Waals surface area contributed by atoms with Crippen molar-refractivity contribution < 1.29 is 9.18 Å². The number of thiophene rings is 1. The Labute approximate surface area is 197 Å². The van der Waals surface area contributed by atoms with Crippen molar-refractivity contribution in [3.8, 4) is 0 Å². The van der Waals surface area contributed by atoms with Crippen LogP contribution in [0.2, 0.25) is 0 Å². The maximum absolute atomic E-state index is 14.0. The summed E-state index contributed by atoms with van der Waals surface area (Å²) in [5, 5.41) is 4.19. The molecule has 0 bridgehead atoms. The van der Waals surface area contributed by atoms with E-state index in [1.807, 2.05) is 0 Å². The van der Waals surface area contributed by atoms with Gasteiger partial charge in [-0.3, -0.25) is 4.79 Å². The number of hydrogen-bond acceptors (Lipinski definition) is 6. The van der Waals surface area contributed by atoms with Gasteiger partial charge in [-0.1, -0.05) is 0 Å². The number of aromatic nitrogens is 2. The zero-order valence-corrected chi connectivity index (χ0v) is 20.1. The van der Waals surface area contributed by atoms with E-state index in [0.29, 0.717) is 5.69 Å². The summed E-state index contributed by atoms with van der Waals surface area (Å²) in [5.74, 6) is 0.531. The summed E-state index contributed by atoms with van der Waals surface area (Å²) < 4.78 is 14.0. The molecule has 0 aliphatic carbocycles. The van der Waals surface area contributed by atoms with Crippen LogP contribution < -0.4 is 15.1 Å². The van der Waals surface area contributed by atoms with Gasteiger partial charge in [0.15, 0.2) is 0 Å². The highest BCUT2D eigenvalue weighted by atomic mass is 32.1. The molecule has 3 aromatic rings. The van der Waals surface area contributed by atoms with Crippen LogP contribution in [0.4, 0.5) is 21.6 Å². The highest BCUT2D eigenvalue weighted by Gasteiger charge is 2.28. The second-order valence-corrected chi connectivity index (χ2v) is 10.3. The predicted octanol–water partition coefficient (Wildman–Crippen LogP) is 5.29. The minimum absolute atomic E-state index is 0.0195. The van der Waals surface area contributed by atoms with E-state index in [-0.39, 0.29) is 17.6 Å². The van der Waals surface area contributed by atoms with Gasteiger partial charge < -0.3 is 15.1 Å². The van der Waals surface area contributed by atoms with E-state index in [2.05, 4.69) is 38.9 Å². The van der Waals surface area contributed by atoms with Crippen molar-refractivity contribution in [2.75, 3.05) is 41.3 Å². The van der Waals surface area contributed by atoms with Crippen molar-refractivity contribution in [1.29, 1.82) is 0 Å². The molecule has 4 heterocycles. The van der Waals surface area contributed by atoms with E-state index in [1.165, 1.54) is 29.0 Å². The molecular weight excluding hydrogens is 437 g/mol. The fraction of sp³-hybridized carbons (Fsp3) is 0.480. The van der Waals surface area contributed by atoms with Crippen molar-refractivity contribution in [2.45, 2.75) is 46.0 Å². The molecule has 0 unspecified atom stereocenters. The Morgan fingerprint density at radius 1 is 1.06 bits per heavy atom. The summed E-state index contributed by atoms with van der Waals surface area (Å²) in [5.41, 5.74) is 2.75. The van der Waals surface area contributed by atoms with E-state index in [1.54, 1.807) is 23.7 Å². The van der Waals surface area contributed by atoms with Crippen LogP contribution in [0, 0.1) is 25.6 Å². The lowest BCUT2D eigenvalue weighted by Gasteiger charge is -2.33. The minimum atomic E-state index is -0.324. The number of aryl methyl sites for hydroxylation is 2. The van der Waals surface area contributed by atoms with Gasteiger partial charge in [0.1, 0.15) is 22.8 Å². The highest BCUT2D eigenvalue weighted by Crippen LogP contribution is 2.36. The van der Waals surface area contributed by atoms with Gasteiger partial charge in [0, 0.05) is 37.0 Å². The third-order valence-corrected chi connectivity index (χ3v) is 8.14. The Hall–Kier alpha value is -2.74. The zero-order chi connectivity index (χ0) is 22.9. The molecule has 5 rings (SSSR count). The minimum Gasteiger partial charge on any atom is -0.370 e. The lowest BCUT2D eigenvalue weighted by Crippen LogP contribution is -2.39. The summed E-state index contributed by atoms with van der Waals surface area (Å²) in [7, 11) is 0. The fourth-order valence-corrected chi connectivity index (χ4v) is 6.00. The quantitative estimate of drug-likeness (QED) is 0.565. The lowest BCUT2D eigenvalue weighted by atomic mass is 9.95. The van der Waals surface area contributed by atoms with Gasteiger partial charge in [-0.2, -0.15) is 0 Å². The van der Waals surface area contributed by atoms with Crippen LogP contribution in [-0.2, 0) is 4.79 Å². The Morgan fingerprint density at radius 3 is 2.58 bits per heavy atom. The molecule has 1 aromatic carbocycles. The lowest BCUT2D eigenvalue weighted by molar-refractivity contribution is -0.120. The Balaban J connectivity index is 1.28. The van der Waals surface area contributed by atoms with Crippen molar-refractivity contribution in [3.63, 3.8) is 0 Å². The highest BCUT2D eigenvalue weighted by molar-refractivity contribution is 7.18. The van der Waals surface area contributed by atoms with E-state index in [0.717, 1.165) is 73.6 Å². The molecule has 8 heteroatoms. The van der Waals surface area contributed by atoms with Crippen LogP contribution >= 0.6 is 11.3 Å². The predicted molar refractivity (Wildman–Crippen MR) is 133 cm³/mol. The fourth-order valence-electron chi connectivity index (χ4n) is 5.01. The molecule has 2 saturated heterocycles. The van der Waals surface area contributed by atoms with Gasteiger partial charge in [0.25, 0.3) is 0 Å². The second-order valence-electron chi connectivity index (χ2n) is 9.12. The summed E-state index contributed by atoms with van der Waals surface area (Å²) >= 11 is 1.70. The molecule has 0 radical (unpaired) electrons. The SMILES string of the molecule is Cc1sc2ncnc(N3CCC(C(=O)Nc4cc(F)ccc4N4CCCCC4)CC3)c2c1C. The summed E-state index contributed by atoms with van der Waals surface area (Å²) in [6.07, 6.45) is 6.60. The molecule has 6 nitrogen and oxygen atoms in total. The van der Waals surface area contributed by atoms with E-state index >= 15 is 0 Å². The number of fused-ring (bicyclic) bond motifs is 1. The van der Waals surface area contributed by atoms with Crippen LogP contribution in [0.25, 0.3) is 10.2 Å².